The molecule has 1 aliphatic heterocycles. The Bertz CT molecular complexity index is 1460. The first-order valence-electron chi connectivity index (χ1n) is 12.6. The van der Waals surface area contributed by atoms with Gasteiger partial charge in [0.15, 0.2) is 5.78 Å². The van der Waals surface area contributed by atoms with Crippen LogP contribution >= 0.6 is 11.6 Å². The van der Waals surface area contributed by atoms with Crippen molar-refractivity contribution in [3.63, 3.8) is 0 Å². The van der Waals surface area contributed by atoms with Crippen molar-refractivity contribution in [1.29, 1.82) is 0 Å². The minimum atomic E-state index is -0.664. The van der Waals surface area contributed by atoms with Gasteiger partial charge in [0.1, 0.15) is 18.8 Å². The standard InChI is InChI=1S/C28H27ClN8O2/c29-23-13-14-25(37-18-32-35-36-37)22(16-23)7-4-8-26(38)24(15-19-5-2-1-3-6-19)33-28(39)21-11-9-20(10-12-21)27-30-17-31-34-27/h1-3,5-6,9-14,16,18,24,31H,4,7-8,15,17H2,(H,30,34)(H,33,39)/t24-/m0/s1. The van der Waals surface area contributed by atoms with Crippen LogP contribution in [0.2, 0.25) is 5.02 Å². The van der Waals surface area contributed by atoms with E-state index in [-0.39, 0.29) is 18.1 Å². The minimum Gasteiger partial charge on any atom is -0.342 e. The lowest BCUT2D eigenvalue weighted by Crippen LogP contribution is -2.42. The lowest BCUT2D eigenvalue weighted by molar-refractivity contribution is -0.121. The molecule has 0 radical (unpaired) electrons. The smallest absolute Gasteiger partial charge is 0.251 e. The largest absolute Gasteiger partial charge is 0.342 e. The highest BCUT2D eigenvalue weighted by Crippen LogP contribution is 2.21. The minimum absolute atomic E-state index is 0.0367. The van der Waals surface area contributed by atoms with Gasteiger partial charge in [-0.3, -0.25) is 9.59 Å². The summed E-state index contributed by atoms with van der Waals surface area (Å²) in [6, 6.07) is 21.6. The Morgan fingerprint density at radius 1 is 1.05 bits per heavy atom. The number of amidine groups is 1. The highest BCUT2D eigenvalue weighted by atomic mass is 35.5. The first-order chi connectivity index (χ1) is 19.1. The monoisotopic (exact) mass is 542 g/mol. The molecule has 3 N–H and O–H groups in total. The number of nitrogens with one attached hydrogen (secondary N) is 3. The van der Waals surface area contributed by atoms with Crippen LogP contribution in [0.5, 0.6) is 0 Å². The van der Waals surface area contributed by atoms with Crippen LogP contribution in [-0.4, -0.2) is 50.4 Å². The lowest BCUT2D eigenvalue weighted by atomic mass is 9.97. The molecule has 1 atom stereocenters. The Kier molecular flexibility index (Phi) is 8.35. The number of carbonyl (C=O) groups is 2. The van der Waals surface area contributed by atoms with E-state index in [0.29, 0.717) is 36.5 Å². The maximum Gasteiger partial charge on any atom is 0.251 e. The van der Waals surface area contributed by atoms with Crippen molar-refractivity contribution in [3.8, 4) is 5.69 Å². The number of hydrazine groups is 1. The van der Waals surface area contributed by atoms with Gasteiger partial charge in [0.25, 0.3) is 5.91 Å². The van der Waals surface area contributed by atoms with Crippen molar-refractivity contribution >= 4 is 29.1 Å². The number of benzene rings is 3. The zero-order chi connectivity index (χ0) is 27.0. The number of halogens is 1. The van der Waals surface area contributed by atoms with Crippen molar-refractivity contribution in [2.75, 3.05) is 6.67 Å². The van der Waals surface area contributed by atoms with E-state index in [0.717, 1.165) is 28.2 Å². The third kappa shape index (κ3) is 6.73. The van der Waals surface area contributed by atoms with Crippen molar-refractivity contribution < 1.29 is 9.59 Å². The van der Waals surface area contributed by atoms with Gasteiger partial charge in [-0.1, -0.05) is 54.1 Å². The molecule has 0 saturated carbocycles. The fourth-order valence-electron chi connectivity index (χ4n) is 4.44. The van der Waals surface area contributed by atoms with E-state index in [1.54, 1.807) is 22.9 Å². The molecule has 0 saturated heterocycles. The van der Waals surface area contributed by atoms with E-state index in [1.807, 2.05) is 54.6 Å². The molecule has 0 unspecified atom stereocenters. The number of carbonyl (C=O) groups excluding carboxylic acids is 2. The molecular formula is C28H27ClN8O2. The fraction of sp³-hybridized carbons (Fsp3) is 0.214. The molecule has 2 heterocycles. The predicted octanol–water partition coefficient (Wildman–Crippen LogP) is 3.06. The topological polar surface area (TPSA) is 126 Å². The van der Waals surface area contributed by atoms with Gasteiger partial charge in [-0.25, -0.2) is 15.1 Å². The van der Waals surface area contributed by atoms with Crippen molar-refractivity contribution in [1.82, 2.24) is 36.4 Å². The van der Waals surface area contributed by atoms with E-state index in [2.05, 4.69) is 36.7 Å². The number of tetrazole rings is 1. The number of aliphatic imine (C=N–C) groups is 1. The summed E-state index contributed by atoms with van der Waals surface area (Å²) >= 11 is 6.23. The maximum absolute atomic E-state index is 13.4. The van der Waals surface area contributed by atoms with E-state index in [9.17, 15) is 9.59 Å². The maximum atomic E-state index is 13.4. The van der Waals surface area contributed by atoms with Gasteiger partial charge in [0, 0.05) is 22.6 Å². The highest BCUT2D eigenvalue weighted by molar-refractivity contribution is 6.30. The normalized spacial score (nSPS) is 13.4. The Labute approximate surface area is 230 Å². The summed E-state index contributed by atoms with van der Waals surface area (Å²) in [5.41, 5.74) is 9.96. The third-order valence-electron chi connectivity index (χ3n) is 6.43. The van der Waals surface area contributed by atoms with Gasteiger partial charge in [-0.05, 0) is 71.1 Å². The molecule has 1 aliphatic rings. The van der Waals surface area contributed by atoms with Crippen LogP contribution in [0.25, 0.3) is 5.69 Å². The summed E-state index contributed by atoms with van der Waals surface area (Å²) in [6.07, 6.45) is 3.39. The average molecular weight is 543 g/mol. The quantitative estimate of drug-likeness (QED) is 0.266. The second-order valence-electron chi connectivity index (χ2n) is 9.11. The van der Waals surface area contributed by atoms with Crippen LogP contribution in [0.1, 0.15) is 39.9 Å². The first-order valence-corrected chi connectivity index (χ1v) is 13.0. The van der Waals surface area contributed by atoms with Crippen LogP contribution in [-0.2, 0) is 17.6 Å². The van der Waals surface area contributed by atoms with Crippen molar-refractivity contribution in [2.45, 2.75) is 31.7 Å². The van der Waals surface area contributed by atoms with Crippen molar-refractivity contribution in [2.24, 2.45) is 4.99 Å². The summed E-state index contributed by atoms with van der Waals surface area (Å²) < 4.78 is 1.57. The molecule has 0 spiro atoms. The lowest BCUT2D eigenvalue weighted by Gasteiger charge is -2.18. The molecule has 39 heavy (non-hydrogen) atoms. The summed E-state index contributed by atoms with van der Waals surface area (Å²) in [5.74, 6) is 0.388. The Balaban J connectivity index is 1.26. The van der Waals surface area contributed by atoms with Gasteiger partial charge in [-0.15, -0.1) is 5.10 Å². The molecule has 11 heteroatoms. The average Bonchev–Trinajstić information content (AvgIpc) is 3.69. The van der Waals surface area contributed by atoms with E-state index in [4.69, 9.17) is 11.6 Å². The number of aromatic nitrogens is 4. The van der Waals surface area contributed by atoms with Gasteiger partial charge >= 0.3 is 0 Å². The van der Waals surface area contributed by atoms with E-state index in [1.165, 1.54) is 6.33 Å². The van der Waals surface area contributed by atoms with Crippen LogP contribution in [0.4, 0.5) is 0 Å². The summed E-state index contributed by atoms with van der Waals surface area (Å²) in [4.78, 5) is 30.8. The molecule has 4 aromatic rings. The number of hydrogen-bond donors (Lipinski definition) is 3. The number of rotatable bonds is 11. The van der Waals surface area contributed by atoms with E-state index < -0.39 is 6.04 Å². The molecule has 5 rings (SSSR count). The molecule has 1 amide bonds. The molecule has 0 aliphatic carbocycles. The number of aryl methyl sites for hydroxylation is 1. The predicted molar refractivity (Wildman–Crippen MR) is 148 cm³/mol. The Morgan fingerprint density at radius 2 is 1.87 bits per heavy atom. The van der Waals surface area contributed by atoms with Crippen LogP contribution in [0, 0.1) is 0 Å². The number of hydrogen-bond acceptors (Lipinski definition) is 8. The number of nitrogens with zero attached hydrogens (tertiary/aromatic N) is 5. The number of amides is 1. The molecule has 0 bridgehead atoms. The van der Waals surface area contributed by atoms with Gasteiger partial charge < -0.3 is 10.7 Å². The molecule has 0 fully saturated rings. The highest BCUT2D eigenvalue weighted by Gasteiger charge is 2.22. The van der Waals surface area contributed by atoms with Crippen LogP contribution in [0.3, 0.4) is 0 Å². The zero-order valence-corrected chi connectivity index (χ0v) is 21.8. The second kappa shape index (κ2) is 12.4. The Hall–Kier alpha value is -4.41. The molecule has 198 valence electrons. The van der Waals surface area contributed by atoms with Gasteiger partial charge in [0.05, 0.1) is 11.7 Å². The summed E-state index contributed by atoms with van der Waals surface area (Å²) in [5, 5.41) is 14.9. The van der Waals surface area contributed by atoms with Crippen LogP contribution < -0.4 is 16.2 Å². The fourth-order valence-corrected chi connectivity index (χ4v) is 4.63. The molecule has 10 nitrogen and oxygen atoms in total. The van der Waals surface area contributed by atoms with Gasteiger partial charge in [-0.2, -0.15) is 0 Å². The van der Waals surface area contributed by atoms with Crippen molar-refractivity contribution in [3.05, 3.63) is 106 Å². The summed E-state index contributed by atoms with van der Waals surface area (Å²) in [6.45, 7) is 0.497. The van der Waals surface area contributed by atoms with Gasteiger partial charge in [0.2, 0.25) is 0 Å². The zero-order valence-electron chi connectivity index (χ0n) is 21.0. The molecule has 1 aromatic heterocycles. The molecule has 3 aromatic carbocycles. The summed E-state index contributed by atoms with van der Waals surface area (Å²) in [7, 11) is 0. The third-order valence-corrected chi connectivity index (χ3v) is 6.66. The number of ketones is 1. The Morgan fingerprint density at radius 3 is 2.59 bits per heavy atom. The first kappa shape index (κ1) is 26.2. The van der Waals surface area contributed by atoms with E-state index >= 15 is 0 Å². The SMILES string of the molecule is O=C(N[C@@H](Cc1ccccc1)C(=O)CCCc1cc(Cl)ccc1-n1cnnn1)c1ccc(C2=NCNN2)cc1. The second-order valence-corrected chi connectivity index (χ2v) is 9.54. The number of Topliss-reactive ketones (excluding diaryl/α,β-unsaturated/α-hetero) is 1. The van der Waals surface area contributed by atoms with Crippen LogP contribution in [0.15, 0.2) is 84.1 Å². The molecular weight excluding hydrogens is 516 g/mol.